The number of carbonyl (C=O) groups is 2. The number of nitrogens with one attached hydrogen (secondary N) is 2. The Morgan fingerprint density at radius 3 is 2.48 bits per heavy atom. The largest absolute Gasteiger partial charge is 0.448 e. The summed E-state index contributed by atoms with van der Waals surface area (Å²) in [4.78, 5) is 27.4. The first kappa shape index (κ1) is 15.1. The van der Waals surface area contributed by atoms with Crippen LogP contribution in [-0.2, 0) is 0 Å². The first-order valence-electron chi connectivity index (χ1n) is 6.30. The molecule has 0 spiro atoms. The van der Waals surface area contributed by atoms with Crippen LogP contribution in [0.3, 0.4) is 0 Å². The molecule has 0 aliphatic rings. The van der Waals surface area contributed by atoms with Gasteiger partial charge in [-0.25, -0.2) is 4.98 Å². The normalized spacial score (nSPS) is 10.2. The average Bonchev–Trinajstić information content (AvgIpc) is 2.90. The molecule has 1 aromatic carbocycles. The standard InChI is InChI=1S/C14H14ClN3O3/c1-9-12(18-8-21-9)14(20)17-7-6-16-13(19)10-4-2-3-5-11(10)15/h2-5,8H,6-7H2,1H3,(H,16,19)(H,17,20). The molecule has 110 valence electrons. The predicted octanol–water partition coefficient (Wildman–Crippen LogP) is 1.80. The Morgan fingerprint density at radius 2 is 1.86 bits per heavy atom. The van der Waals surface area contributed by atoms with Crippen molar-refractivity contribution in [3.8, 4) is 0 Å². The van der Waals surface area contributed by atoms with Crippen LogP contribution in [0.5, 0.6) is 0 Å². The van der Waals surface area contributed by atoms with Gasteiger partial charge in [-0.3, -0.25) is 9.59 Å². The summed E-state index contributed by atoms with van der Waals surface area (Å²) in [5, 5.41) is 5.70. The summed E-state index contributed by atoms with van der Waals surface area (Å²) in [6.45, 7) is 2.22. The number of amides is 2. The first-order valence-corrected chi connectivity index (χ1v) is 6.68. The minimum atomic E-state index is -0.340. The van der Waals surface area contributed by atoms with Gasteiger partial charge in [0.25, 0.3) is 11.8 Å². The first-order chi connectivity index (χ1) is 10.1. The van der Waals surface area contributed by atoms with Crippen molar-refractivity contribution in [1.29, 1.82) is 0 Å². The highest BCUT2D eigenvalue weighted by Crippen LogP contribution is 2.14. The molecule has 0 aliphatic carbocycles. The van der Waals surface area contributed by atoms with Gasteiger partial charge in [0.05, 0.1) is 10.6 Å². The van der Waals surface area contributed by atoms with Crippen LogP contribution in [-0.4, -0.2) is 29.9 Å². The van der Waals surface area contributed by atoms with E-state index in [-0.39, 0.29) is 30.6 Å². The van der Waals surface area contributed by atoms with Gasteiger partial charge >= 0.3 is 0 Å². The fourth-order valence-electron chi connectivity index (χ4n) is 1.70. The molecule has 2 aromatic rings. The third kappa shape index (κ3) is 3.82. The summed E-state index contributed by atoms with van der Waals surface area (Å²) in [7, 11) is 0. The van der Waals surface area contributed by atoms with Crippen LogP contribution < -0.4 is 10.6 Å². The average molecular weight is 308 g/mol. The summed E-state index contributed by atoms with van der Waals surface area (Å²) in [5.41, 5.74) is 0.644. The number of halogens is 1. The summed E-state index contributed by atoms with van der Waals surface area (Å²) in [6, 6.07) is 6.76. The fraction of sp³-hybridized carbons (Fsp3) is 0.214. The Hall–Kier alpha value is -2.34. The van der Waals surface area contributed by atoms with Crippen molar-refractivity contribution < 1.29 is 14.0 Å². The van der Waals surface area contributed by atoms with Crippen molar-refractivity contribution in [2.24, 2.45) is 0 Å². The Balaban J connectivity index is 1.78. The van der Waals surface area contributed by atoms with E-state index in [2.05, 4.69) is 15.6 Å². The van der Waals surface area contributed by atoms with E-state index in [1.54, 1.807) is 31.2 Å². The molecule has 6 nitrogen and oxygen atoms in total. The number of benzene rings is 1. The molecule has 0 aliphatic heterocycles. The smallest absolute Gasteiger partial charge is 0.273 e. The molecule has 0 atom stereocenters. The Morgan fingerprint density at radius 1 is 1.19 bits per heavy atom. The molecule has 0 bridgehead atoms. The molecule has 0 saturated heterocycles. The van der Waals surface area contributed by atoms with Crippen LogP contribution in [0.1, 0.15) is 26.6 Å². The maximum Gasteiger partial charge on any atom is 0.273 e. The Labute approximate surface area is 126 Å². The molecule has 2 rings (SSSR count). The number of hydrogen-bond donors (Lipinski definition) is 2. The minimum Gasteiger partial charge on any atom is -0.448 e. The quantitative estimate of drug-likeness (QED) is 0.825. The molecule has 2 N–H and O–H groups in total. The van der Waals surface area contributed by atoms with E-state index in [4.69, 9.17) is 16.0 Å². The lowest BCUT2D eigenvalue weighted by Gasteiger charge is -2.07. The predicted molar refractivity (Wildman–Crippen MR) is 77.4 cm³/mol. The van der Waals surface area contributed by atoms with Crippen molar-refractivity contribution >= 4 is 23.4 Å². The van der Waals surface area contributed by atoms with E-state index in [0.717, 1.165) is 0 Å². The van der Waals surface area contributed by atoms with E-state index < -0.39 is 0 Å². The molecule has 7 heteroatoms. The van der Waals surface area contributed by atoms with Crippen molar-refractivity contribution in [3.63, 3.8) is 0 Å². The minimum absolute atomic E-state index is 0.243. The highest BCUT2D eigenvalue weighted by molar-refractivity contribution is 6.33. The van der Waals surface area contributed by atoms with E-state index in [9.17, 15) is 9.59 Å². The van der Waals surface area contributed by atoms with Gasteiger partial charge in [-0.05, 0) is 19.1 Å². The van der Waals surface area contributed by atoms with Gasteiger partial charge in [-0.1, -0.05) is 23.7 Å². The third-order valence-corrected chi connectivity index (χ3v) is 3.10. The van der Waals surface area contributed by atoms with Crippen LogP contribution in [0.2, 0.25) is 5.02 Å². The van der Waals surface area contributed by atoms with Gasteiger partial charge in [-0.15, -0.1) is 0 Å². The summed E-state index contributed by atoms with van der Waals surface area (Å²) < 4.78 is 4.94. The lowest BCUT2D eigenvalue weighted by atomic mass is 10.2. The Bertz CT molecular complexity index is 654. The van der Waals surface area contributed by atoms with E-state index in [1.165, 1.54) is 6.39 Å². The molecule has 0 saturated carbocycles. The van der Waals surface area contributed by atoms with Gasteiger partial charge in [0, 0.05) is 13.1 Å². The lowest BCUT2D eigenvalue weighted by molar-refractivity contribution is 0.0924. The highest BCUT2D eigenvalue weighted by atomic mass is 35.5. The van der Waals surface area contributed by atoms with Crippen molar-refractivity contribution in [2.75, 3.05) is 13.1 Å². The monoisotopic (exact) mass is 307 g/mol. The van der Waals surface area contributed by atoms with Gasteiger partial charge in [0.15, 0.2) is 12.1 Å². The van der Waals surface area contributed by atoms with E-state index in [0.29, 0.717) is 16.3 Å². The topological polar surface area (TPSA) is 84.2 Å². The number of hydrogen-bond acceptors (Lipinski definition) is 4. The number of oxazole rings is 1. The summed E-state index contributed by atoms with van der Waals surface area (Å²) in [6.07, 6.45) is 1.21. The third-order valence-electron chi connectivity index (χ3n) is 2.77. The molecule has 0 radical (unpaired) electrons. The summed E-state index contributed by atoms with van der Waals surface area (Å²) >= 11 is 5.92. The molecule has 1 aromatic heterocycles. The van der Waals surface area contributed by atoms with Crippen LogP contribution in [0.4, 0.5) is 0 Å². The number of aryl methyl sites for hydroxylation is 1. The van der Waals surface area contributed by atoms with Gasteiger partial charge in [0.1, 0.15) is 5.76 Å². The molecule has 21 heavy (non-hydrogen) atoms. The maximum absolute atomic E-state index is 11.9. The van der Waals surface area contributed by atoms with Gasteiger partial charge < -0.3 is 15.1 Å². The summed E-state index contributed by atoms with van der Waals surface area (Å²) in [5.74, 6) is -0.173. The molecule has 0 unspecified atom stereocenters. The van der Waals surface area contributed by atoms with Gasteiger partial charge in [0.2, 0.25) is 0 Å². The van der Waals surface area contributed by atoms with Crippen LogP contribution in [0.25, 0.3) is 0 Å². The molecule has 2 amide bonds. The van der Waals surface area contributed by atoms with Crippen molar-refractivity contribution in [2.45, 2.75) is 6.92 Å². The second-order valence-electron chi connectivity index (χ2n) is 4.25. The van der Waals surface area contributed by atoms with E-state index >= 15 is 0 Å². The van der Waals surface area contributed by atoms with Crippen LogP contribution >= 0.6 is 11.6 Å². The van der Waals surface area contributed by atoms with Crippen LogP contribution in [0.15, 0.2) is 35.1 Å². The second-order valence-corrected chi connectivity index (χ2v) is 4.66. The zero-order valence-corrected chi connectivity index (χ0v) is 12.1. The SMILES string of the molecule is Cc1ocnc1C(=O)NCCNC(=O)c1ccccc1Cl. The molecular weight excluding hydrogens is 294 g/mol. The zero-order valence-electron chi connectivity index (χ0n) is 11.4. The highest BCUT2D eigenvalue weighted by Gasteiger charge is 2.13. The van der Waals surface area contributed by atoms with E-state index in [1.807, 2.05) is 0 Å². The number of nitrogens with zero attached hydrogens (tertiary/aromatic N) is 1. The van der Waals surface area contributed by atoms with Gasteiger partial charge in [-0.2, -0.15) is 0 Å². The molecule has 1 heterocycles. The van der Waals surface area contributed by atoms with Crippen molar-refractivity contribution in [3.05, 3.63) is 52.7 Å². The molecule has 0 fully saturated rings. The molecular formula is C14H14ClN3O3. The number of rotatable bonds is 5. The maximum atomic E-state index is 11.9. The fourth-order valence-corrected chi connectivity index (χ4v) is 1.92. The zero-order chi connectivity index (χ0) is 15.2. The lowest BCUT2D eigenvalue weighted by Crippen LogP contribution is -2.35. The second kappa shape index (κ2) is 6.90. The van der Waals surface area contributed by atoms with Crippen molar-refractivity contribution in [1.82, 2.24) is 15.6 Å². The van der Waals surface area contributed by atoms with Crippen LogP contribution in [0, 0.1) is 6.92 Å². The number of aromatic nitrogens is 1. The number of carbonyl (C=O) groups excluding carboxylic acids is 2. The Kier molecular flexibility index (Phi) is 4.94.